The standard InChI is InChI=1S/C13H11Cl2NO2S/c1-19(17,18)11-4-3-10(16-8-11)6-9-2-5-12(14)13(15)7-9/h2-5,7-8H,6H2,1H3. The molecule has 1 aromatic carbocycles. The number of hydrogen-bond donors (Lipinski definition) is 0. The molecule has 0 aliphatic heterocycles. The number of pyridine rings is 1. The highest BCUT2D eigenvalue weighted by atomic mass is 35.5. The summed E-state index contributed by atoms with van der Waals surface area (Å²) < 4.78 is 22.6. The quantitative estimate of drug-likeness (QED) is 0.872. The molecule has 1 aromatic heterocycles. The molecule has 2 rings (SSSR count). The average molecular weight is 316 g/mol. The molecule has 0 spiro atoms. The molecule has 19 heavy (non-hydrogen) atoms. The summed E-state index contributed by atoms with van der Waals surface area (Å²) >= 11 is 11.8. The molecule has 100 valence electrons. The lowest BCUT2D eigenvalue weighted by Crippen LogP contribution is -1.99. The fourth-order valence-electron chi connectivity index (χ4n) is 1.59. The predicted octanol–water partition coefficient (Wildman–Crippen LogP) is 3.38. The molecule has 0 saturated carbocycles. The number of sulfone groups is 1. The maximum atomic E-state index is 11.3. The summed E-state index contributed by atoms with van der Waals surface area (Å²) in [7, 11) is -3.21. The van der Waals surface area contributed by atoms with Crippen molar-refractivity contribution in [1.82, 2.24) is 4.98 Å². The van der Waals surface area contributed by atoms with Gasteiger partial charge in [0.25, 0.3) is 0 Å². The maximum absolute atomic E-state index is 11.3. The summed E-state index contributed by atoms with van der Waals surface area (Å²) in [6.45, 7) is 0. The normalized spacial score (nSPS) is 11.5. The highest BCUT2D eigenvalue weighted by Gasteiger charge is 2.08. The van der Waals surface area contributed by atoms with E-state index in [2.05, 4.69) is 4.98 Å². The number of halogens is 2. The predicted molar refractivity (Wildman–Crippen MR) is 76.6 cm³/mol. The first-order valence-corrected chi connectivity index (χ1v) is 8.10. The fraction of sp³-hybridized carbons (Fsp3) is 0.154. The van der Waals surface area contributed by atoms with Crippen molar-refractivity contribution in [2.45, 2.75) is 11.3 Å². The van der Waals surface area contributed by atoms with Gasteiger partial charge in [0.1, 0.15) is 0 Å². The highest BCUT2D eigenvalue weighted by Crippen LogP contribution is 2.23. The second kappa shape index (κ2) is 5.49. The topological polar surface area (TPSA) is 47.0 Å². The number of nitrogens with zero attached hydrogens (tertiary/aromatic N) is 1. The summed E-state index contributed by atoms with van der Waals surface area (Å²) in [5, 5.41) is 0.998. The van der Waals surface area contributed by atoms with E-state index in [0.717, 1.165) is 17.5 Å². The van der Waals surface area contributed by atoms with Gasteiger partial charge in [-0.15, -0.1) is 0 Å². The van der Waals surface area contributed by atoms with E-state index in [1.54, 1.807) is 24.3 Å². The lowest BCUT2D eigenvalue weighted by Gasteiger charge is -2.04. The van der Waals surface area contributed by atoms with Crippen LogP contribution in [-0.2, 0) is 16.3 Å². The third kappa shape index (κ3) is 3.69. The van der Waals surface area contributed by atoms with Crippen molar-refractivity contribution < 1.29 is 8.42 Å². The molecule has 1 heterocycles. The molecule has 0 amide bonds. The number of aromatic nitrogens is 1. The summed E-state index contributed by atoms with van der Waals surface area (Å²) in [4.78, 5) is 4.35. The van der Waals surface area contributed by atoms with Crippen LogP contribution >= 0.6 is 23.2 Å². The summed E-state index contributed by atoms with van der Waals surface area (Å²) in [5.41, 5.74) is 1.74. The first kappa shape index (κ1) is 14.3. The van der Waals surface area contributed by atoms with Gasteiger partial charge in [-0.2, -0.15) is 0 Å². The van der Waals surface area contributed by atoms with Gasteiger partial charge in [-0.3, -0.25) is 4.98 Å². The van der Waals surface area contributed by atoms with Gasteiger partial charge in [-0.1, -0.05) is 29.3 Å². The van der Waals surface area contributed by atoms with Crippen molar-refractivity contribution in [3.05, 3.63) is 57.8 Å². The van der Waals surface area contributed by atoms with Gasteiger partial charge in [0.2, 0.25) is 0 Å². The first-order chi connectivity index (χ1) is 8.86. The van der Waals surface area contributed by atoms with Crippen LogP contribution in [0.2, 0.25) is 10.0 Å². The second-order valence-electron chi connectivity index (χ2n) is 4.18. The monoisotopic (exact) mass is 315 g/mol. The third-order valence-corrected chi connectivity index (χ3v) is 4.43. The van der Waals surface area contributed by atoms with Gasteiger partial charge in [-0.05, 0) is 29.8 Å². The van der Waals surface area contributed by atoms with Crippen LogP contribution in [0.5, 0.6) is 0 Å². The van der Waals surface area contributed by atoms with Crippen LogP contribution in [0.4, 0.5) is 0 Å². The molecule has 0 radical (unpaired) electrons. The zero-order chi connectivity index (χ0) is 14.0. The highest BCUT2D eigenvalue weighted by molar-refractivity contribution is 7.90. The summed E-state index contributed by atoms with van der Waals surface area (Å²) in [5.74, 6) is 0. The zero-order valence-electron chi connectivity index (χ0n) is 10.1. The van der Waals surface area contributed by atoms with E-state index < -0.39 is 9.84 Å². The Balaban J connectivity index is 2.22. The van der Waals surface area contributed by atoms with E-state index in [1.807, 2.05) is 6.07 Å². The van der Waals surface area contributed by atoms with Crippen LogP contribution in [0.15, 0.2) is 41.4 Å². The van der Waals surface area contributed by atoms with Gasteiger partial charge in [0, 0.05) is 24.6 Å². The van der Waals surface area contributed by atoms with E-state index in [-0.39, 0.29) is 4.90 Å². The Kier molecular flexibility index (Phi) is 4.13. The number of benzene rings is 1. The molecule has 0 saturated heterocycles. The minimum absolute atomic E-state index is 0.213. The molecule has 0 unspecified atom stereocenters. The van der Waals surface area contributed by atoms with Crippen LogP contribution in [-0.4, -0.2) is 19.7 Å². The third-order valence-electron chi connectivity index (χ3n) is 2.60. The van der Waals surface area contributed by atoms with Crippen LogP contribution in [0.1, 0.15) is 11.3 Å². The Labute approximate surface area is 122 Å². The SMILES string of the molecule is CS(=O)(=O)c1ccc(Cc2ccc(Cl)c(Cl)c2)nc1. The van der Waals surface area contributed by atoms with Crippen LogP contribution in [0.25, 0.3) is 0 Å². The van der Waals surface area contributed by atoms with E-state index in [4.69, 9.17) is 23.2 Å². The van der Waals surface area contributed by atoms with Crippen molar-refractivity contribution in [2.24, 2.45) is 0 Å². The molecular formula is C13H11Cl2NO2S. The van der Waals surface area contributed by atoms with Gasteiger partial charge in [-0.25, -0.2) is 8.42 Å². The van der Waals surface area contributed by atoms with Crippen molar-refractivity contribution >= 4 is 33.0 Å². The van der Waals surface area contributed by atoms with Crippen molar-refractivity contribution in [3.8, 4) is 0 Å². The Hall–Kier alpha value is -1.10. The largest absolute Gasteiger partial charge is 0.260 e. The van der Waals surface area contributed by atoms with Crippen molar-refractivity contribution in [2.75, 3.05) is 6.26 Å². The van der Waals surface area contributed by atoms with E-state index in [1.165, 1.54) is 6.20 Å². The molecular weight excluding hydrogens is 305 g/mol. The van der Waals surface area contributed by atoms with Gasteiger partial charge in [0.05, 0.1) is 14.9 Å². The van der Waals surface area contributed by atoms with Crippen LogP contribution in [0, 0.1) is 0 Å². The minimum atomic E-state index is -3.21. The van der Waals surface area contributed by atoms with Crippen LogP contribution < -0.4 is 0 Å². The fourth-order valence-corrected chi connectivity index (χ4v) is 2.47. The number of hydrogen-bond acceptors (Lipinski definition) is 3. The molecule has 0 aliphatic carbocycles. The van der Waals surface area contributed by atoms with Crippen LogP contribution in [0.3, 0.4) is 0 Å². The summed E-state index contributed by atoms with van der Waals surface area (Å²) in [6.07, 6.45) is 3.09. The van der Waals surface area contributed by atoms with E-state index in [9.17, 15) is 8.42 Å². The molecule has 3 nitrogen and oxygen atoms in total. The van der Waals surface area contributed by atoms with Gasteiger partial charge in [0.15, 0.2) is 9.84 Å². The number of rotatable bonds is 3. The van der Waals surface area contributed by atoms with Crippen molar-refractivity contribution in [1.29, 1.82) is 0 Å². The molecule has 0 atom stereocenters. The maximum Gasteiger partial charge on any atom is 0.177 e. The minimum Gasteiger partial charge on any atom is -0.260 e. The van der Waals surface area contributed by atoms with Gasteiger partial charge < -0.3 is 0 Å². The van der Waals surface area contributed by atoms with E-state index in [0.29, 0.717) is 16.5 Å². The lowest BCUT2D eigenvalue weighted by molar-refractivity contribution is 0.601. The van der Waals surface area contributed by atoms with Gasteiger partial charge >= 0.3 is 0 Å². The molecule has 0 aliphatic rings. The molecule has 0 N–H and O–H groups in total. The smallest absolute Gasteiger partial charge is 0.177 e. The zero-order valence-corrected chi connectivity index (χ0v) is 12.4. The van der Waals surface area contributed by atoms with E-state index >= 15 is 0 Å². The average Bonchev–Trinajstić information content (AvgIpc) is 2.33. The van der Waals surface area contributed by atoms with Crippen molar-refractivity contribution in [3.63, 3.8) is 0 Å². The molecule has 0 fully saturated rings. The second-order valence-corrected chi connectivity index (χ2v) is 7.01. The molecule has 2 aromatic rings. The Morgan fingerprint density at radius 1 is 1.11 bits per heavy atom. The lowest BCUT2D eigenvalue weighted by atomic mass is 10.1. The Bertz CT molecular complexity index is 697. The first-order valence-electron chi connectivity index (χ1n) is 5.45. The molecule has 0 bridgehead atoms. The molecule has 6 heteroatoms. The Morgan fingerprint density at radius 2 is 1.84 bits per heavy atom. The summed E-state index contributed by atoms with van der Waals surface area (Å²) in [6, 6.07) is 8.61. The Morgan fingerprint density at radius 3 is 2.37 bits per heavy atom.